The van der Waals surface area contributed by atoms with E-state index in [4.69, 9.17) is 16.3 Å². The summed E-state index contributed by atoms with van der Waals surface area (Å²) in [5.41, 5.74) is 1.75. The van der Waals surface area contributed by atoms with Gasteiger partial charge in [-0.2, -0.15) is 5.10 Å². The second kappa shape index (κ2) is 7.66. The minimum absolute atomic E-state index is 0.131. The summed E-state index contributed by atoms with van der Waals surface area (Å²) >= 11 is 5.85. The van der Waals surface area contributed by atoms with E-state index in [2.05, 4.69) is 10.4 Å². The number of halogens is 1. The number of aromatic nitrogens is 2. The van der Waals surface area contributed by atoms with Gasteiger partial charge in [-0.25, -0.2) is 0 Å². The average molecular weight is 342 g/mol. The fourth-order valence-electron chi connectivity index (χ4n) is 2.12. The lowest BCUT2D eigenvalue weighted by Crippen LogP contribution is -2.18. The van der Waals surface area contributed by atoms with Crippen molar-refractivity contribution in [3.05, 3.63) is 77.6 Å². The molecule has 0 radical (unpaired) electrons. The summed E-state index contributed by atoms with van der Waals surface area (Å²) in [7, 11) is 0. The summed E-state index contributed by atoms with van der Waals surface area (Å²) in [6.45, 7) is 0.643. The molecule has 3 aromatic rings. The average Bonchev–Trinajstić information content (AvgIpc) is 3.08. The molecule has 0 aliphatic rings. The van der Waals surface area contributed by atoms with Crippen LogP contribution in [-0.4, -0.2) is 15.7 Å². The molecule has 6 heteroatoms. The number of rotatable bonds is 6. The van der Waals surface area contributed by atoms with Gasteiger partial charge in [-0.15, -0.1) is 0 Å². The molecule has 0 saturated carbocycles. The predicted octanol–water partition coefficient (Wildman–Crippen LogP) is 3.75. The van der Waals surface area contributed by atoms with Gasteiger partial charge in [0.2, 0.25) is 5.91 Å². The van der Waals surface area contributed by atoms with Crippen LogP contribution in [0.2, 0.25) is 5.02 Å². The summed E-state index contributed by atoms with van der Waals surface area (Å²) in [6.07, 6.45) is 3.38. The van der Waals surface area contributed by atoms with Gasteiger partial charge in [0, 0.05) is 23.1 Å². The molecule has 1 amide bonds. The normalized spacial score (nSPS) is 10.4. The SMILES string of the molecule is O=C(Cn1cccn1)Nc1ccc(OCc2ccc(Cl)cc2)cc1. The van der Waals surface area contributed by atoms with Gasteiger partial charge in [0.1, 0.15) is 18.9 Å². The molecule has 0 fully saturated rings. The van der Waals surface area contributed by atoms with Gasteiger partial charge in [-0.1, -0.05) is 23.7 Å². The van der Waals surface area contributed by atoms with Crippen molar-refractivity contribution in [2.45, 2.75) is 13.2 Å². The van der Waals surface area contributed by atoms with Crippen LogP contribution in [0.15, 0.2) is 67.0 Å². The van der Waals surface area contributed by atoms with E-state index in [1.807, 2.05) is 36.4 Å². The summed E-state index contributed by atoms with van der Waals surface area (Å²) < 4.78 is 7.28. The van der Waals surface area contributed by atoms with E-state index in [-0.39, 0.29) is 12.5 Å². The molecule has 0 atom stereocenters. The molecular weight excluding hydrogens is 326 g/mol. The molecule has 1 N–H and O–H groups in total. The van der Waals surface area contributed by atoms with E-state index in [0.717, 1.165) is 11.3 Å². The van der Waals surface area contributed by atoms with Crippen molar-refractivity contribution in [2.75, 3.05) is 5.32 Å². The Morgan fingerprint density at radius 2 is 1.88 bits per heavy atom. The second-order valence-corrected chi connectivity index (χ2v) is 5.63. The summed E-state index contributed by atoms with van der Waals surface area (Å²) in [6, 6.07) is 16.5. The zero-order valence-corrected chi connectivity index (χ0v) is 13.6. The Morgan fingerprint density at radius 3 is 2.54 bits per heavy atom. The number of hydrogen-bond acceptors (Lipinski definition) is 3. The molecule has 24 heavy (non-hydrogen) atoms. The Labute approximate surface area is 144 Å². The van der Waals surface area contributed by atoms with Crippen molar-refractivity contribution in [3.63, 3.8) is 0 Å². The third-order valence-electron chi connectivity index (χ3n) is 3.32. The zero-order valence-electron chi connectivity index (χ0n) is 12.9. The van der Waals surface area contributed by atoms with Gasteiger partial charge >= 0.3 is 0 Å². The molecular formula is C18H16ClN3O2. The lowest BCUT2D eigenvalue weighted by atomic mass is 10.2. The number of carbonyl (C=O) groups is 1. The lowest BCUT2D eigenvalue weighted by Gasteiger charge is -2.09. The molecule has 0 aliphatic carbocycles. The third kappa shape index (κ3) is 4.60. The third-order valence-corrected chi connectivity index (χ3v) is 3.57. The van der Waals surface area contributed by atoms with Crippen molar-refractivity contribution in [1.29, 1.82) is 0 Å². The van der Waals surface area contributed by atoms with Gasteiger partial charge in [-0.05, 0) is 48.0 Å². The predicted molar refractivity (Wildman–Crippen MR) is 93.1 cm³/mol. The largest absolute Gasteiger partial charge is 0.489 e. The molecule has 1 aromatic heterocycles. The maximum atomic E-state index is 11.9. The molecule has 5 nitrogen and oxygen atoms in total. The van der Waals surface area contributed by atoms with E-state index >= 15 is 0 Å². The molecule has 0 aliphatic heterocycles. The first-order chi connectivity index (χ1) is 11.7. The minimum Gasteiger partial charge on any atom is -0.489 e. The molecule has 0 unspecified atom stereocenters. The number of carbonyl (C=O) groups excluding carboxylic acids is 1. The molecule has 122 valence electrons. The summed E-state index contributed by atoms with van der Waals surface area (Å²) in [4.78, 5) is 11.9. The minimum atomic E-state index is -0.131. The van der Waals surface area contributed by atoms with E-state index in [1.165, 1.54) is 0 Å². The van der Waals surface area contributed by atoms with E-state index in [9.17, 15) is 4.79 Å². The van der Waals surface area contributed by atoms with Crippen LogP contribution in [0.3, 0.4) is 0 Å². The van der Waals surface area contributed by atoms with Gasteiger partial charge in [0.15, 0.2) is 0 Å². The smallest absolute Gasteiger partial charge is 0.246 e. The number of ether oxygens (including phenoxy) is 1. The Bertz CT molecular complexity index is 784. The van der Waals surface area contributed by atoms with E-state index < -0.39 is 0 Å². The van der Waals surface area contributed by atoms with Crippen molar-refractivity contribution in [3.8, 4) is 5.75 Å². The molecule has 2 aromatic carbocycles. The van der Waals surface area contributed by atoms with E-state index in [1.54, 1.807) is 35.3 Å². The molecule has 0 spiro atoms. The maximum absolute atomic E-state index is 11.9. The van der Waals surface area contributed by atoms with Crippen LogP contribution < -0.4 is 10.1 Å². The highest BCUT2D eigenvalue weighted by atomic mass is 35.5. The first-order valence-electron chi connectivity index (χ1n) is 7.44. The van der Waals surface area contributed by atoms with Gasteiger partial charge in [0.05, 0.1) is 0 Å². The van der Waals surface area contributed by atoms with Crippen LogP contribution in [0.1, 0.15) is 5.56 Å². The maximum Gasteiger partial charge on any atom is 0.246 e. The van der Waals surface area contributed by atoms with Crippen LogP contribution in [0.25, 0.3) is 0 Å². The van der Waals surface area contributed by atoms with Crippen molar-refractivity contribution >= 4 is 23.2 Å². The molecule has 0 bridgehead atoms. The standard InChI is InChI=1S/C18H16ClN3O2/c19-15-4-2-14(3-5-15)13-24-17-8-6-16(7-9-17)21-18(23)12-22-11-1-10-20-22/h1-11H,12-13H2,(H,21,23). The Kier molecular flexibility index (Phi) is 5.13. The van der Waals surface area contributed by atoms with Crippen LogP contribution in [0.5, 0.6) is 5.75 Å². The van der Waals surface area contributed by atoms with Crippen LogP contribution in [0.4, 0.5) is 5.69 Å². The van der Waals surface area contributed by atoms with Gasteiger partial charge < -0.3 is 10.1 Å². The lowest BCUT2D eigenvalue weighted by molar-refractivity contribution is -0.116. The van der Waals surface area contributed by atoms with Gasteiger partial charge in [0.25, 0.3) is 0 Å². The first-order valence-corrected chi connectivity index (χ1v) is 7.81. The summed E-state index contributed by atoms with van der Waals surface area (Å²) in [5, 5.41) is 7.52. The van der Waals surface area contributed by atoms with E-state index in [0.29, 0.717) is 17.3 Å². The topological polar surface area (TPSA) is 56.2 Å². The van der Waals surface area contributed by atoms with Crippen molar-refractivity contribution in [2.24, 2.45) is 0 Å². The highest BCUT2D eigenvalue weighted by molar-refractivity contribution is 6.30. The highest BCUT2D eigenvalue weighted by Gasteiger charge is 2.04. The first kappa shape index (κ1) is 16.1. The highest BCUT2D eigenvalue weighted by Crippen LogP contribution is 2.18. The number of hydrogen-bond donors (Lipinski definition) is 1. The molecule has 3 rings (SSSR count). The monoisotopic (exact) mass is 341 g/mol. The van der Waals surface area contributed by atoms with Crippen LogP contribution >= 0.6 is 11.6 Å². The number of nitrogens with zero attached hydrogens (tertiary/aromatic N) is 2. The number of anilines is 1. The Balaban J connectivity index is 1.51. The number of amides is 1. The quantitative estimate of drug-likeness (QED) is 0.742. The second-order valence-electron chi connectivity index (χ2n) is 5.19. The number of benzene rings is 2. The fraction of sp³-hybridized carbons (Fsp3) is 0.111. The van der Waals surface area contributed by atoms with Crippen molar-refractivity contribution < 1.29 is 9.53 Å². The Hall–Kier alpha value is -2.79. The molecule has 1 heterocycles. The summed E-state index contributed by atoms with van der Waals surface area (Å²) in [5.74, 6) is 0.601. The van der Waals surface area contributed by atoms with Crippen LogP contribution in [0, 0.1) is 0 Å². The zero-order chi connectivity index (χ0) is 16.8. The fourth-order valence-corrected chi connectivity index (χ4v) is 2.25. The van der Waals surface area contributed by atoms with Gasteiger partial charge in [-0.3, -0.25) is 9.48 Å². The van der Waals surface area contributed by atoms with Crippen molar-refractivity contribution in [1.82, 2.24) is 9.78 Å². The van der Waals surface area contributed by atoms with Crippen LogP contribution in [-0.2, 0) is 17.9 Å². The Morgan fingerprint density at radius 1 is 1.12 bits per heavy atom. The number of nitrogens with one attached hydrogen (secondary N) is 1. The molecule has 0 saturated heterocycles.